The Labute approximate surface area is 96.2 Å². The van der Waals surface area contributed by atoms with Gasteiger partial charge in [-0.25, -0.2) is 11.7 Å². The fourth-order valence-corrected chi connectivity index (χ4v) is 4.64. The van der Waals surface area contributed by atoms with E-state index in [9.17, 15) is 9.59 Å². The first-order chi connectivity index (χ1) is 7.17. The third-order valence-electron chi connectivity index (χ3n) is 2.07. The highest BCUT2D eigenvalue weighted by atomic mass is 32.2. The Morgan fingerprint density at radius 2 is 1.47 bits per heavy atom. The summed E-state index contributed by atoms with van der Waals surface area (Å²) in [5.74, 6) is 9.61. The number of rotatable bonds is 4. The lowest BCUT2D eigenvalue weighted by Gasteiger charge is -2.15. The smallest absolute Gasteiger partial charge is 0.235 e. The summed E-state index contributed by atoms with van der Waals surface area (Å²) in [7, 11) is 0. The summed E-state index contributed by atoms with van der Waals surface area (Å²) < 4.78 is 0. The average Bonchev–Trinajstić information content (AvgIpc) is 2.65. The Bertz CT molecular complexity index is 227. The van der Waals surface area contributed by atoms with Gasteiger partial charge in [-0.3, -0.25) is 20.4 Å². The first-order valence-corrected chi connectivity index (χ1v) is 6.49. The molecule has 6 N–H and O–H groups in total. The zero-order valence-electron chi connectivity index (χ0n) is 8.06. The van der Waals surface area contributed by atoms with Crippen LogP contribution in [0.3, 0.4) is 0 Å². The van der Waals surface area contributed by atoms with E-state index >= 15 is 0 Å². The lowest BCUT2D eigenvalue weighted by atomic mass is 10.1. The van der Waals surface area contributed by atoms with Crippen LogP contribution >= 0.6 is 23.5 Å². The molecule has 15 heavy (non-hydrogen) atoms. The van der Waals surface area contributed by atoms with Gasteiger partial charge in [-0.2, -0.15) is 0 Å². The van der Waals surface area contributed by atoms with E-state index in [0.29, 0.717) is 12.8 Å². The van der Waals surface area contributed by atoms with E-state index in [1.165, 1.54) is 0 Å². The van der Waals surface area contributed by atoms with Crippen molar-refractivity contribution in [1.82, 2.24) is 10.9 Å². The van der Waals surface area contributed by atoms with Gasteiger partial charge in [0.15, 0.2) is 0 Å². The second-order valence-corrected chi connectivity index (χ2v) is 5.89. The predicted molar refractivity (Wildman–Crippen MR) is 61.5 cm³/mol. The van der Waals surface area contributed by atoms with Crippen molar-refractivity contribution in [2.24, 2.45) is 11.7 Å². The third-order valence-corrected chi connectivity index (χ3v) is 5.18. The molecular formula is C7H14N4O2S2. The molecule has 1 aliphatic rings. The number of hydrazine groups is 2. The van der Waals surface area contributed by atoms with Crippen molar-refractivity contribution in [3.8, 4) is 0 Å². The van der Waals surface area contributed by atoms with Gasteiger partial charge in [0.2, 0.25) is 11.8 Å². The van der Waals surface area contributed by atoms with Crippen LogP contribution in [0.5, 0.6) is 0 Å². The predicted octanol–water partition coefficient (Wildman–Crippen LogP) is -1.08. The second kappa shape index (κ2) is 6.21. The summed E-state index contributed by atoms with van der Waals surface area (Å²) in [5.41, 5.74) is 4.19. The van der Waals surface area contributed by atoms with Crippen LogP contribution in [0, 0.1) is 0 Å². The molecule has 0 bridgehead atoms. The van der Waals surface area contributed by atoms with Crippen molar-refractivity contribution in [1.29, 1.82) is 0 Å². The number of nitrogens with two attached hydrogens (primary N) is 2. The van der Waals surface area contributed by atoms with Crippen LogP contribution in [0.25, 0.3) is 0 Å². The third kappa shape index (κ3) is 3.90. The maximum absolute atomic E-state index is 11.1. The molecule has 0 aliphatic carbocycles. The van der Waals surface area contributed by atoms with Crippen molar-refractivity contribution in [3.05, 3.63) is 0 Å². The van der Waals surface area contributed by atoms with Gasteiger partial charge in [0.1, 0.15) is 0 Å². The van der Waals surface area contributed by atoms with Gasteiger partial charge in [0.05, 0.1) is 0 Å². The first kappa shape index (κ1) is 12.6. The highest BCUT2D eigenvalue weighted by Gasteiger charge is 2.31. The zero-order chi connectivity index (χ0) is 11.3. The molecule has 1 rings (SSSR count). The van der Waals surface area contributed by atoms with E-state index < -0.39 is 0 Å². The molecule has 8 heteroatoms. The molecule has 2 atom stereocenters. The van der Waals surface area contributed by atoms with Gasteiger partial charge in [0, 0.05) is 28.4 Å². The molecule has 0 aromatic rings. The molecule has 1 aliphatic heterocycles. The van der Waals surface area contributed by atoms with Gasteiger partial charge in [0.25, 0.3) is 0 Å². The van der Waals surface area contributed by atoms with Gasteiger partial charge in [-0.15, -0.1) is 23.5 Å². The Balaban J connectivity index is 2.42. The number of hydrogen-bond acceptors (Lipinski definition) is 6. The number of thioether (sulfide) groups is 2. The SMILES string of the molecule is NNC(=O)CC1SCSC1CC(=O)NN. The molecule has 1 saturated heterocycles. The molecule has 1 fully saturated rings. The number of nitrogens with one attached hydrogen (secondary N) is 2. The van der Waals surface area contributed by atoms with Crippen molar-refractivity contribution in [3.63, 3.8) is 0 Å². The number of carbonyl (C=O) groups is 2. The summed E-state index contributed by atoms with van der Waals surface area (Å²) in [6.45, 7) is 0. The molecular weight excluding hydrogens is 236 g/mol. The van der Waals surface area contributed by atoms with Crippen LogP contribution in [0.2, 0.25) is 0 Å². The normalized spacial score (nSPS) is 24.9. The average molecular weight is 250 g/mol. The van der Waals surface area contributed by atoms with Gasteiger partial charge < -0.3 is 0 Å². The van der Waals surface area contributed by atoms with E-state index in [0.717, 1.165) is 5.08 Å². The van der Waals surface area contributed by atoms with Crippen LogP contribution in [0.1, 0.15) is 12.8 Å². The Hall–Kier alpha value is -0.440. The van der Waals surface area contributed by atoms with Crippen LogP contribution in [-0.2, 0) is 9.59 Å². The number of amides is 2. The van der Waals surface area contributed by atoms with E-state index in [2.05, 4.69) is 10.9 Å². The van der Waals surface area contributed by atoms with Crippen molar-refractivity contribution in [2.75, 3.05) is 5.08 Å². The summed E-state index contributed by atoms with van der Waals surface area (Å²) in [5, 5.41) is 1.16. The van der Waals surface area contributed by atoms with Crippen LogP contribution in [0.4, 0.5) is 0 Å². The van der Waals surface area contributed by atoms with E-state index in [1.54, 1.807) is 23.5 Å². The first-order valence-electron chi connectivity index (χ1n) is 4.39. The summed E-state index contributed by atoms with van der Waals surface area (Å²) in [6.07, 6.45) is 0.688. The molecule has 2 amide bonds. The molecule has 2 unspecified atom stereocenters. The van der Waals surface area contributed by atoms with Gasteiger partial charge >= 0.3 is 0 Å². The monoisotopic (exact) mass is 250 g/mol. The zero-order valence-corrected chi connectivity index (χ0v) is 9.70. The van der Waals surface area contributed by atoms with Crippen LogP contribution < -0.4 is 22.5 Å². The highest BCUT2D eigenvalue weighted by Crippen LogP contribution is 2.40. The molecule has 0 spiro atoms. The van der Waals surface area contributed by atoms with Gasteiger partial charge in [-0.05, 0) is 0 Å². The van der Waals surface area contributed by atoms with Crippen LogP contribution in [-0.4, -0.2) is 27.4 Å². The molecule has 0 radical (unpaired) electrons. The van der Waals surface area contributed by atoms with Crippen LogP contribution in [0.15, 0.2) is 0 Å². The second-order valence-electron chi connectivity index (χ2n) is 3.07. The maximum atomic E-state index is 11.1. The van der Waals surface area contributed by atoms with E-state index in [1.807, 2.05) is 0 Å². The Morgan fingerprint density at radius 1 is 1.07 bits per heavy atom. The van der Waals surface area contributed by atoms with Crippen molar-refractivity contribution >= 4 is 35.3 Å². The molecule has 86 valence electrons. The Morgan fingerprint density at radius 3 is 1.80 bits per heavy atom. The fraction of sp³-hybridized carbons (Fsp3) is 0.714. The van der Waals surface area contributed by atoms with Crippen molar-refractivity contribution in [2.45, 2.75) is 23.3 Å². The fourth-order valence-electron chi connectivity index (χ4n) is 1.29. The minimum absolute atomic E-state index is 0.135. The van der Waals surface area contributed by atoms with Crippen molar-refractivity contribution < 1.29 is 9.59 Å². The maximum Gasteiger partial charge on any atom is 0.235 e. The van der Waals surface area contributed by atoms with E-state index in [4.69, 9.17) is 11.7 Å². The standard InChI is InChI=1S/C7H14N4O2S2/c8-10-6(12)1-4-5(15-3-14-4)2-7(13)11-9/h4-5H,1-3,8-9H2,(H,10,12)(H,11,13). The molecule has 0 aromatic carbocycles. The largest absolute Gasteiger partial charge is 0.294 e. The summed E-state index contributed by atoms with van der Waals surface area (Å²) >= 11 is 3.34. The number of carbonyl (C=O) groups excluding carboxylic acids is 2. The van der Waals surface area contributed by atoms with E-state index in [-0.39, 0.29) is 22.3 Å². The lowest BCUT2D eigenvalue weighted by molar-refractivity contribution is -0.122. The summed E-state index contributed by atoms with van der Waals surface area (Å²) in [6, 6.07) is 0. The highest BCUT2D eigenvalue weighted by molar-refractivity contribution is 8.19. The molecule has 0 aromatic heterocycles. The number of hydrogen-bond donors (Lipinski definition) is 4. The molecule has 1 heterocycles. The molecule has 6 nitrogen and oxygen atoms in total. The Kier molecular flexibility index (Phi) is 5.23. The summed E-state index contributed by atoms with van der Waals surface area (Å²) in [4.78, 5) is 22.2. The molecule has 0 saturated carbocycles. The minimum Gasteiger partial charge on any atom is -0.294 e. The minimum atomic E-state index is -0.201. The quantitative estimate of drug-likeness (QED) is 0.287. The topological polar surface area (TPSA) is 110 Å². The lowest BCUT2D eigenvalue weighted by Crippen LogP contribution is -2.36. The van der Waals surface area contributed by atoms with Gasteiger partial charge in [-0.1, -0.05) is 0 Å².